The first-order valence-electron chi connectivity index (χ1n) is 8.14. The number of hydrogen-bond acceptors (Lipinski definition) is 1. The summed E-state index contributed by atoms with van der Waals surface area (Å²) in [4.78, 5) is 0. The molecule has 0 heterocycles. The fraction of sp³-hybridized carbons (Fsp3) is 0.316. The van der Waals surface area contributed by atoms with Crippen molar-refractivity contribution in [1.29, 1.82) is 0 Å². The van der Waals surface area contributed by atoms with E-state index in [1.165, 1.54) is 30.5 Å². The van der Waals surface area contributed by atoms with Crippen molar-refractivity contribution in [1.82, 2.24) is 5.32 Å². The van der Waals surface area contributed by atoms with Crippen molar-refractivity contribution in [3.05, 3.63) is 64.9 Å². The second-order valence-corrected chi connectivity index (χ2v) is 7.16. The Hall–Kier alpha value is -1.65. The summed E-state index contributed by atoms with van der Waals surface area (Å²) in [6, 6.07) is 14.3. The van der Waals surface area contributed by atoms with Crippen LogP contribution in [-0.2, 0) is 5.41 Å². The largest absolute Gasteiger partial charge is 0.362 e. The van der Waals surface area contributed by atoms with Gasteiger partial charge in [-0.1, -0.05) is 42.6 Å². The van der Waals surface area contributed by atoms with E-state index in [9.17, 15) is 4.39 Å². The van der Waals surface area contributed by atoms with Gasteiger partial charge in [0.1, 0.15) is 5.82 Å². The van der Waals surface area contributed by atoms with E-state index >= 15 is 0 Å². The molecular weight excluding hydrogens is 343 g/mol. The maximum absolute atomic E-state index is 13.2. The molecule has 3 rings (SSSR count). The van der Waals surface area contributed by atoms with Gasteiger partial charge in [0, 0.05) is 22.7 Å². The van der Waals surface area contributed by atoms with Gasteiger partial charge in [0.25, 0.3) is 0 Å². The lowest BCUT2D eigenvalue weighted by Crippen LogP contribution is -2.40. The molecule has 0 radical (unpaired) electrons. The summed E-state index contributed by atoms with van der Waals surface area (Å²) in [5.41, 5.74) is 2.06. The third kappa shape index (κ3) is 4.05. The van der Waals surface area contributed by atoms with E-state index in [0.717, 1.165) is 25.1 Å². The van der Waals surface area contributed by atoms with Crippen LogP contribution in [0.2, 0.25) is 5.02 Å². The summed E-state index contributed by atoms with van der Waals surface area (Å²) in [6.45, 7) is 0.741. The molecule has 0 unspecified atom stereocenters. The maximum atomic E-state index is 13.2. The zero-order valence-electron chi connectivity index (χ0n) is 13.3. The zero-order chi connectivity index (χ0) is 17.0. The molecule has 5 heteroatoms. The van der Waals surface area contributed by atoms with E-state index in [1.807, 2.05) is 36.4 Å². The topological polar surface area (TPSA) is 24.1 Å². The van der Waals surface area contributed by atoms with Crippen LogP contribution in [0.15, 0.2) is 48.5 Å². The van der Waals surface area contributed by atoms with Crippen molar-refractivity contribution in [2.24, 2.45) is 0 Å². The predicted octanol–water partition coefficient (Wildman–Crippen LogP) is 5.28. The fourth-order valence-corrected chi connectivity index (χ4v) is 3.79. The SMILES string of the molecule is Fc1ccc(C2(CNC(=S)Nc3cccc(Cl)c3)CCCC2)cc1. The predicted molar refractivity (Wildman–Crippen MR) is 102 cm³/mol. The summed E-state index contributed by atoms with van der Waals surface area (Å²) >= 11 is 11.4. The van der Waals surface area contributed by atoms with Gasteiger partial charge in [0.15, 0.2) is 5.11 Å². The van der Waals surface area contributed by atoms with Crippen molar-refractivity contribution in [3.63, 3.8) is 0 Å². The fourth-order valence-electron chi connectivity index (χ4n) is 3.41. The molecule has 0 amide bonds. The van der Waals surface area contributed by atoms with Crippen LogP contribution >= 0.6 is 23.8 Å². The van der Waals surface area contributed by atoms with Crippen LogP contribution in [0.25, 0.3) is 0 Å². The molecule has 126 valence electrons. The zero-order valence-corrected chi connectivity index (χ0v) is 14.9. The van der Waals surface area contributed by atoms with Crippen LogP contribution in [0.5, 0.6) is 0 Å². The lowest BCUT2D eigenvalue weighted by molar-refractivity contribution is 0.434. The van der Waals surface area contributed by atoms with E-state index in [4.69, 9.17) is 23.8 Å². The Bertz CT molecular complexity index is 712. The van der Waals surface area contributed by atoms with E-state index in [1.54, 1.807) is 0 Å². The van der Waals surface area contributed by atoms with E-state index < -0.39 is 0 Å². The van der Waals surface area contributed by atoms with Crippen LogP contribution in [0, 0.1) is 5.82 Å². The molecule has 2 N–H and O–H groups in total. The number of halogens is 2. The van der Waals surface area contributed by atoms with Gasteiger partial charge in [-0.05, 0) is 61.0 Å². The second-order valence-electron chi connectivity index (χ2n) is 6.31. The first-order chi connectivity index (χ1) is 11.6. The van der Waals surface area contributed by atoms with Gasteiger partial charge < -0.3 is 10.6 Å². The molecule has 2 aromatic rings. The van der Waals surface area contributed by atoms with Crippen molar-refractivity contribution in [2.75, 3.05) is 11.9 Å². The van der Waals surface area contributed by atoms with Crippen molar-refractivity contribution >= 4 is 34.6 Å². The van der Waals surface area contributed by atoms with Crippen LogP contribution in [0.1, 0.15) is 31.2 Å². The van der Waals surface area contributed by atoms with Crippen molar-refractivity contribution in [3.8, 4) is 0 Å². The molecule has 2 nitrogen and oxygen atoms in total. The summed E-state index contributed by atoms with van der Waals surface area (Å²) in [6.07, 6.45) is 4.55. The Morgan fingerprint density at radius 3 is 2.50 bits per heavy atom. The number of rotatable bonds is 4. The van der Waals surface area contributed by atoms with Crippen molar-refractivity contribution < 1.29 is 4.39 Å². The first-order valence-corrected chi connectivity index (χ1v) is 8.93. The van der Waals surface area contributed by atoms with Gasteiger partial charge in [-0.2, -0.15) is 0 Å². The normalized spacial score (nSPS) is 15.9. The standard InChI is InChI=1S/C19H20ClFN2S/c20-15-4-3-5-17(12-15)23-18(24)22-13-19(10-1-2-11-19)14-6-8-16(21)9-7-14/h3-9,12H,1-2,10-11,13H2,(H2,22,23,24). The Balaban J connectivity index is 1.66. The molecule has 2 aromatic carbocycles. The van der Waals surface area contributed by atoms with Gasteiger partial charge in [0.05, 0.1) is 0 Å². The minimum Gasteiger partial charge on any atom is -0.362 e. The van der Waals surface area contributed by atoms with Gasteiger partial charge in [0.2, 0.25) is 0 Å². The molecular formula is C19H20ClFN2S. The highest BCUT2D eigenvalue weighted by Gasteiger charge is 2.35. The van der Waals surface area contributed by atoms with Gasteiger partial charge in [-0.3, -0.25) is 0 Å². The molecule has 0 bridgehead atoms. The van der Waals surface area contributed by atoms with Crippen molar-refractivity contribution in [2.45, 2.75) is 31.1 Å². The van der Waals surface area contributed by atoms with Crippen LogP contribution in [-0.4, -0.2) is 11.7 Å². The summed E-state index contributed by atoms with van der Waals surface area (Å²) in [5.74, 6) is -0.196. The smallest absolute Gasteiger partial charge is 0.170 e. The second kappa shape index (κ2) is 7.49. The van der Waals surface area contributed by atoms with Gasteiger partial charge >= 0.3 is 0 Å². The average molecular weight is 363 g/mol. The molecule has 1 aliphatic carbocycles. The molecule has 1 saturated carbocycles. The third-order valence-corrected chi connectivity index (χ3v) is 5.17. The quantitative estimate of drug-likeness (QED) is 0.724. The van der Waals surface area contributed by atoms with E-state index in [-0.39, 0.29) is 11.2 Å². The highest BCUT2D eigenvalue weighted by Crippen LogP contribution is 2.40. The molecule has 0 spiro atoms. The van der Waals surface area contributed by atoms with Gasteiger partial charge in [-0.25, -0.2) is 4.39 Å². The molecule has 0 aliphatic heterocycles. The molecule has 0 saturated heterocycles. The first kappa shape index (κ1) is 17.2. The minimum absolute atomic E-state index is 0.0216. The average Bonchev–Trinajstić information content (AvgIpc) is 3.04. The lowest BCUT2D eigenvalue weighted by atomic mass is 9.79. The number of benzene rings is 2. The Kier molecular flexibility index (Phi) is 5.36. The Morgan fingerprint density at radius 2 is 1.83 bits per heavy atom. The number of thiocarbonyl (C=S) groups is 1. The highest BCUT2D eigenvalue weighted by molar-refractivity contribution is 7.80. The number of nitrogens with one attached hydrogen (secondary N) is 2. The maximum Gasteiger partial charge on any atom is 0.170 e. The van der Waals surface area contributed by atoms with Crippen LogP contribution in [0.3, 0.4) is 0 Å². The van der Waals surface area contributed by atoms with E-state index in [2.05, 4.69) is 10.6 Å². The lowest BCUT2D eigenvalue weighted by Gasteiger charge is -2.30. The minimum atomic E-state index is -0.196. The van der Waals surface area contributed by atoms with Gasteiger partial charge in [-0.15, -0.1) is 0 Å². The summed E-state index contributed by atoms with van der Waals surface area (Å²) < 4.78 is 13.2. The third-order valence-electron chi connectivity index (χ3n) is 4.69. The molecule has 1 fully saturated rings. The van der Waals surface area contributed by atoms with Crippen LogP contribution in [0.4, 0.5) is 10.1 Å². The number of anilines is 1. The monoisotopic (exact) mass is 362 g/mol. The molecule has 0 atom stereocenters. The summed E-state index contributed by atoms with van der Waals surface area (Å²) in [7, 11) is 0. The van der Waals surface area contributed by atoms with Crippen LogP contribution < -0.4 is 10.6 Å². The number of hydrogen-bond donors (Lipinski definition) is 2. The molecule has 0 aromatic heterocycles. The van der Waals surface area contributed by atoms with E-state index in [0.29, 0.717) is 10.1 Å². The Morgan fingerprint density at radius 1 is 1.12 bits per heavy atom. The summed E-state index contributed by atoms with van der Waals surface area (Å²) in [5, 5.41) is 7.73. The molecule has 1 aliphatic rings. The highest BCUT2D eigenvalue weighted by atomic mass is 35.5. The Labute approximate surface area is 152 Å². The molecule has 24 heavy (non-hydrogen) atoms.